The van der Waals surface area contributed by atoms with Crippen molar-refractivity contribution in [1.29, 1.82) is 0 Å². The Labute approximate surface area is 183 Å². The normalized spacial score (nSPS) is 37.3. The van der Waals surface area contributed by atoms with Crippen LogP contribution in [0.1, 0.15) is 53.4 Å². The van der Waals surface area contributed by atoms with Crippen LogP contribution < -0.4 is 0 Å². The SMILES string of the molecule is CCCC(=O)/C=C(\C)C[C@@H]1OC[C@H](C[C@@H]2O[C@H]2[C@@H](C)[C@H](C)S)[C@@H](I)[C@H]1S. The maximum absolute atomic E-state index is 11.8. The van der Waals surface area contributed by atoms with Gasteiger partial charge in [-0.3, -0.25) is 4.79 Å². The molecule has 0 spiro atoms. The zero-order chi connectivity index (χ0) is 19.4. The molecule has 150 valence electrons. The van der Waals surface area contributed by atoms with E-state index in [1.165, 1.54) is 0 Å². The average Bonchev–Trinajstić information content (AvgIpc) is 3.33. The number of hydrogen-bond acceptors (Lipinski definition) is 5. The van der Waals surface area contributed by atoms with E-state index in [4.69, 9.17) is 22.1 Å². The highest BCUT2D eigenvalue weighted by Crippen LogP contribution is 2.42. The molecule has 0 aliphatic carbocycles. The summed E-state index contributed by atoms with van der Waals surface area (Å²) in [4.78, 5) is 11.8. The van der Waals surface area contributed by atoms with Crippen LogP contribution in [0.5, 0.6) is 0 Å². The number of carbonyl (C=O) groups is 1. The van der Waals surface area contributed by atoms with Crippen molar-refractivity contribution in [3.05, 3.63) is 11.6 Å². The minimum absolute atomic E-state index is 0.0782. The van der Waals surface area contributed by atoms with E-state index in [0.29, 0.717) is 39.6 Å². The van der Waals surface area contributed by atoms with Gasteiger partial charge in [-0.2, -0.15) is 25.3 Å². The number of ether oxygens (including phenoxy) is 2. The lowest BCUT2D eigenvalue weighted by atomic mass is 9.89. The molecule has 0 unspecified atom stereocenters. The molecule has 2 aliphatic rings. The summed E-state index contributed by atoms with van der Waals surface area (Å²) in [5, 5.41) is 0.535. The molecule has 0 radical (unpaired) electrons. The second-order valence-electron chi connectivity index (χ2n) is 7.95. The maximum atomic E-state index is 11.8. The second-order valence-corrected chi connectivity index (χ2v) is 10.8. The van der Waals surface area contributed by atoms with Gasteiger partial charge in [0, 0.05) is 20.8 Å². The Morgan fingerprint density at radius 1 is 1.35 bits per heavy atom. The molecular weight excluding hydrogens is 479 g/mol. The molecule has 0 bridgehead atoms. The predicted molar refractivity (Wildman–Crippen MR) is 123 cm³/mol. The fraction of sp³-hybridized carbons (Fsp3) is 0.850. The van der Waals surface area contributed by atoms with Gasteiger partial charge in [0.05, 0.1) is 24.9 Å². The van der Waals surface area contributed by atoms with Crippen LogP contribution in [0.3, 0.4) is 0 Å². The first-order chi connectivity index (χ1) is 12.2. The number of thiol groups is 2. The van der Waals surface area contributed by atoms with Crippen molar-refractivity contribution in [2.45, 2.75) is 86.1 Å². The molecule has 2 heterocycles. The van der Waals surface area contributed by atoms with Crippen molar-refractivity contribution < 1.29 is 14.3 Å². The Morgan fingerprint density at radius 2 is 2.04 bits per heavy atom. The molecule has 6 heteroatoms. The zero-order valence-electron chi connectivity index (χ0n) is 16.2. The molecule has 0 saturated carbocycles. The number of rotatable bonds is 9. The molecule has 2 fully saturated rings. The Morgan fingerprint density at radius 3 is 2.65 bits per heavy atom. The van der Waals surface area contributed by atoms with Crippen molar-refractivity contribution >= 4 is 53.6 Å². The van der Waals surface area contributed by atoms with Crippen molar-refractivity contribution in [2.75, 3.05) is 6.61 Å². The highest BCUT2D eigenvalue weighted by Gasteiger charge is 2.47. The summed E-state index contributed by atoms with van der Waals surface area (Å²) in [5.74, 6) is 1.16. The van der Waals surface area contributed by atoms with Crippen LogP contribution in [0.15, 0.2) is 11.6 Å². The second kappa shape index (κ2) is 10.5. The molecule has 0 aromatic heterocycles. The molecule has 2 rings (SSSR count). The van der Waals surface area contributed by atoms with Crippen LogP contribution in [-0.2, 0) is 14.3 Å². The standard InChI is InChI=1S/C20H33IO3S2/c1-5-6-15(22)7-11(2)8-17-20(26)18(21)14(10-23-17)9-16-19(24-16)12(3)13(4)25/h7,12-14,16-20,25-26H,5-6,8-10H2,1-4H3/b11-7+/t12-,13-,14-,16-,17-,18+,19-,20-/m0/s1. The largest absolute Gasteiger partial charge is 0.376 e. The van der Waals surface area contributed by atoms with Gasteiger partial charge < -0.3 is 9.47 Å². The van der Waals surface area contributed by atoms with Gasteiger partial charge in [-0.25, -0.2) is 0 Å². The van der Waals surface area contributed by atoms with Gasteiger partial charge in [0.2, 0.25) is 0 Å². The summed E-state index contributed by atoms with van der Waals surface area (Å²) in [6, 6.07) is 0. The van der Waals surface area contributed by atoms with Crippen molar-refractivity contribution in [1.82, 2.24) is 0 Å². The predicted octanol–water partition coefficient (Wildman–Crippen LogP) is 4.92. The van der Waals surface area contributed by atoms with E-state index in [0.717, 1.165) is 31.4 Å². The van der Waals surface area contributed by atoms with Gasteiger partial charge in [-0.15, -0.1) is 0 Å². The van der Waals surface area contributed by atoms with E-state index in [1.54, 1.807) is 6.08 Å². The summed E-state index contributed by atoms with van der Waals surface area (Å²) in [6.45, 7) is 9.15. The molecule has 2 aliphatic heterocycles. The van der Waals surface area contributed by atoms with E-state index < -0.39 is 0 Å². The van der Waals surface area contributed by atoms with E-state index in [9.17, 15) is 4.79 Å². The molecule has 8 atom stereocenters. The van der Waals surface area contributed by atoms with Gasteiger partial charge in [-0.1, -0.05) is 48.9 Å². The Balaban J connectivity index is 1.83. The molecule has 0 amide bonds. The van der Waals surface area contributed by atoms with E-state index >= 15 is 0 Å². The number of carbonyl (C=O) groups excluding carboxylic acids is 1. The molecule has 0 aromatic carbocycles. The zero-order valence-corrected chi connectivity index (χ0v) is 20.2. The third-order valence-corrected chi connectivity index (χ3v) is 9.03. The first-order valence-corrected chi connectivity index (χ1v) is 12.0. The first-order valence-electron chi connectivity index (χ1n) is 9.71. The smallest absolute Gasteiger partial charge is 0.155 e. The summed E-state index contributed by atoms with van der Waals surface area (Å²) in [7, 11) is 0. The van der Waals surface area contributed by atoms with Crippen LogP contribution in [-0.4, -0.2) is 45.1 Å². The van der Waals surface area contributed by atoms with Crippen LogP contribution in [0, 0.1) is 11.8 Å². The number of allylic oxidation sites excluding steroid dienone is 1. The lowest BCUT2D eigenvalue weighted by Crippen LogP contribution is -2.44. The van der Waals surface area contributed by atoms with E-state index in [1.807, 2.05) is 13.8 Å². The minimum atomic E-state index is 0.0782. The first kappa shape index (κ1) is 23.0. The van der Waals surface area contributed by atoms with Gasteiger partial charge >= 0.3 is 0 Å². The molecule has 2 saturated heterocycles. The van der Waals surface area contributed by atoms with Crippen LogP contribution in [0.4, 0.5) is 0 Å². The van der Waals surface area contributed by atoms with Gasteiger partial charge in [0.15, 0.2) is 5.78 Å². The maximum Gasteiger partial charge on any atom is 0.155 e. The Hall–Kier alpha value is 0.760. The third kappa shape index (κ3) is 6.39. The summed E-state index contributed by atoms with van der Waals surface area (Å²) in [5.41, 5.74) is 1.09. The van der Waals surface area contributed by atoms with E-state index in [-0.39, 0.29) is 17.1 Å². The van der Waals surface area contributed by atoms with Crippen LogP contribution in [0.25, 0.3) is 0 Å². The number of alkyl halides is 1. The minimum Gasteiger partial charge on any atom is -0.376 e. The number of epoxide rings is 1. The Kier molecular flexibility index (Phi) is 9.32. The van der Waals surface area contributed by atoms with Crippen molar-refractivity contribution in [3.63, 3.8) is 0 Å². The monoisotopic (exact) mass is 512 g/mol. The third-order valence-electron chi connectivity index (χ3n) is 5.54. The van der Waals surface area contributed by atoms with Crippen molar-refractivity contribution in [2.24, 2.45) is 11.8 Å². The summed E-state index contributed by atoms with van der Waals surface area (Å²) < 4.78 is 12.5. The fourth-order valence-corrected chi connectivity index (χ4v) is 5.22. The molecular formula is C20H33IO3S2. The number of hydrogen-bond donors (Lipinski definition) is 2. The molecule has 0 aromatic rings. The van der Waals surface area contributed by atoms with Crippen LogP contribution in [0.2, 0.25) is 0 Å². The fourth-order valence-electron chi connectivity index (χ4n) is 3.65. The van der Waals surface area contributed by atoms with E-state index in [2.05, 4.69) is 49.1 Å². The summed E-state index contributed by atoms with van der Waals surface area (Å²) in [6.07, 6.45) is 5.88. The number of halogens is 1. The lowest BCUT2D eigenvalue weighted by molar-refractivity contribution is -0.114. The van der Waals surface area contributed by atoms with Crippen molar-refractivity contribution in [3.8, 4) is 0 Å². The molecule has 0 N–H and O–H groups in total. The Bertz CT molecular complexity index is 511. The highest BCUT2D eigenvalue weighted by atomic mass is 127. The van der Waals surface area contributed by atoms with Gasteiger partial charge in [0.1, 0.15) is 0 Å². The topological polar surface area (TPSA) is 38.8 Å². The van der Waals surface area contributed by atoms with Gasteiger partial charge in [0.25, 0.3) is 0 Å². The quantitative estimate of drug-likeness (QED) is 0.152. The van der Waals surface area contributed by atoms with Crippen LogP contribution >= 0.6 is 47.8 Å². The number of ketones is 1. The summed E-state index contributed by atoms with van der Waals surface area (Å²) >= 11 is 11.9. The molecule has 3 nitrogen and oxygen atoms in total. The average molecular weight is 513 g/mol. The van der Waals surface area contributed by atoms with Gasteiger partial charge in [-0.05, 0) is 44.1 Å². The highest BCUT2D eigenvalue weighted by molar-refractivity contribution is 14.1. The molecule has 26 heavy (non-hydrogen) atoms. The lowest BCUT2D eigenvalue weighted by Gasteiger charge is -2.38.